The largest absolute Gasteiger partial charge is 0.330 e. The van der Waals surface area contributed by atoms with Gasteiger partial charge in [0.1, 0.15) is 6.04 Å². The molecular formula is C19H25ClN4O4. The minimum Gasteiger partial charge on any atom is -0.330 e. The number of halogens is 1. The Morgan fingerprint density at radius 2 is 2.00 bits per heavy atom. The summed E-state index contributed by atoms with van der Waals surface area (Å²) in [6.07, 6.45) is 3.60. The standard InChI is InChI=1S/C19H24N4O4.ClH/c20-9-3-1-2-4-16(24)21-13-5-6-14-12(10-13)11-23(19(14)27)15-7-8-17(25)22-18(15)26;/h5-6,10,15H,1-4,7-9,11,20H2,(H,21,24)(H,22,25,26);1H. The molecule has 152 valence electrons. The lowest BCUT2D eigenvalue weighted by Gasteiger charge is -2.29. The molecule has 2 aliphatic heterocycles. The molecule has 1 unspecified atom stereocenters. The lowest BCUT2D eigenvalue weighted by Crippen LogP contribution is -2.52. The smallest absolute Gasteiger partial charge is 0.255 e. The third-order valence-electron chi connectivity index (χ3n) is 4.92. The van der Waals surface area contributed by atoms with Gasteiger partial charge in [-0.05, 0) is 49.6 Å². The summed E-state index contributed by atoms with van der Waals surface area (Å²) in [5, 5.41) is 5.13. The number of benzene rings is 1. The fraction of sp³-hybridized carbons (Fsp3) is 0.474. The monoisotopic (exact) mass is 408 g/mol. The molecule has 1 saturated heterocycles. The maximum absolute atomic E-state index is 12.6. The van der Waals surface area contributed by atoms with Crippen LogP contribution in [0.5, 0.6) is 0 Å². The Labute approximate surface area is 169 Å². The number of nitrogens with two attached hydrogens (primary N) is 1. The number of nitrogens with one attached hydrogen (secondary N) is 2. The Balaban J connectivity index is 0.00000280. The van der Waals surface area contributed by atoms with Crippen molar-refractivity contribution in [1.29, 1.82) is 0 Å². The highest BCUT2D eigenvalue weighted by Crippen LogP contribution is 2.29. The highest BCUT2D eigenvalue weighted by molar-refractivity contribution is 6.05. The van der Waals surface area contributed by atoms with E-state index in [2.05, 4.69) is 10.6 Å². The average molecular weight is 409 g/mol. The summed E-state index contributed by atoms with van der Waals surface area (Å²) in [4.78, 5) is 49.5. The fourth-order valence-corrected chi connectivity index (χ4v) is 3.48. The molecule has 4 N–H and O–H groups in total. The number of amides is 4. The van der Waals surface area contributed by atoms with Crippen molar-refractivity contribution in [3.63, 3.8) is 0 Å². The van der Waals surface area contributed by atoms with Gasteiger partial charge in [-0.25, -0.2) is 0 Å². The van der Waals surface area contributed by atoms with E-state index < -0.39 is 11.9 Å². The Kier molecular flexibility index (Phi) is 7.53. The van der Waals surface area contributed by atoms with Crippen molar-refractivity contribution in [2.24, 2.45) is 5.73 Å². The summed E-state index contributed by atoms with van der Waals surface area (Å²) in [6, 6.07) is 4.51. The maximum Gasteiger partial charge on any atom is 0.255 e. The van der Waals surface area contributed by atoms with Crippen LogP contribution < -0.4 is 16.4 Å². The van der Waals surface area contributed by atoms with E-state index in [1.807, 2.05) is 0 Å². The van der Waals surface area contributed by atoms with Crippen LogP contribution in [0.25, 0.3) is 0 Å². The molecule has 0 aromatic heterocycles. The molecule has 1 atom stereocenters. The van der Waals surface area contributed by atoms with E-state index in [9.17, 15) is 19.2 Å². The molecule has 4 amide bonds. The molecule has 1 aromatic rings. The van der Waals surface area contributed by atoms with Crippen molar-refractivity contribution in [1.82, 2.24) is 10.2 Å². The lowest BCUT2D eigenvalue weighted by atomic mass is 10.0. The van der Waals surface area contributed by atoms with Crippen LogP contribution in [0, 0.1) is 0 Å². The van der Waals surface area contributed by atoms with Crippen LogP contribution in [0.2, 0.25) is 0 Å². The summed E-state index contributed by atoms with van der Waals surface area (Å²) in [5.41, 5.74) is 7.37. The molecule has 0 radical (unpaired) electrons. The maximum atomic E-state index is 12.6. The number of imide groups is 1. The lowest BCUT2D eigenvalue weighted by molar-refractivity contribution is -0.137. The van der Waals surface area contributed by atoms with E-state index in [4.69, 9.17) is 5.73 Å². The minimum atomic E-state index is -0.636. The van der Waals surface area contributed by atoms with Crippen molar-refractivity contribution < 1.29 is 19.2 Å². The first kappa shape index (κ1) is 21.8. The van der Waals surface area contributed by atoms with E-state index in [0.717, 1.165) is 24.8 Å². The number of nitrogens with zero attached hydrogens (tertiary/aromatic N) is 1. The second-order valence-corrected chi connectivity index (χ2v) is 6.92. The van der Waals surface area contributed by atoms with Gasteiger partial charge in [-0.2, -0.15) is 0 Å². The topological polar surface area (TPSA) is 122 Å². The molecule has 0 saturated carbocycles. The molecule has 1 aromatic carbocycles. The Bertz CT molecular complexity index is 783. The summed E-state index contributed by atoms with van der Waals surface area (Å²) in [7, 11) is 0. The zero-order valence-corrected chi connectivity index (χ0v) is 16.3. The van der Waals surface area contributed by atoms with E-state index in [1.54, 1.807) is 18.2 Å². The van der Waals surface area contributed by atoms with E-state index >= 15 is 0 Å². The first-order valence-electron chi connectivity index (χ1n) is 9.27. The number of piperidine rings is 1. The van der Waals surface area contributed by atoms with Crippen LogP contribution in [0.1, 0.15) is 54.4 Å². The van der Waals surface area contributed by atoms with E-state index in [1.165, 1.54) is 4.90 Å². The van der Waals surface area contributed by atoms with Gasteiger partial charge in [-0.15, -0.1) is 12.4 Å². The highest BCUT2D eigenvalue weighted by Gasteiger charge is 2.39. The molecule has 2 aliphatic rings. The zero-order chi connectivity index (χ0) is 19.4. The number of anilines is 1. The van der Waals surface area contributed by atoms with Crippen molar-refractivity contribution in [2.45, 2.75) is 51.1 Å². The molecule has 28 heavy (non-hydrogen) atoms. The molecule has 0 spiro atoms. The average Bonchev–Trinajstić information content (AvgIpc) is 2.95. The van der Waals surface area contributed by atoms with Gasteiger partial charge in [0.25, 0.3) is 5.91 Å². The molecule has 0 aliphatic carbocycles. The third kappa shape index (κ3) is 4.88. The number of carbonyl (C=O) groups is 4. The second-order valence-electron chi connectivity index (χ2n) is 6.92. The molecule has 9 heteroatoms. The molecular weight excluding hydrogens is 384 g/mol. The Morgan fingerprint density at radius 1 is 1.21 bits per heavy atom. The SMILES string of the molecule is Cl.NCCCCCC(=O)Nc1ccc2c(c1)CN(C1CCC(=O)NC1=O)C2=O. The van der Waals surface area contributed by atoms with Crippen LogP contribution >= 0.6 is 12.4 Å². The van der Waals surface area contributed by atoms with Gasteiger partial charge >= 0.3 is 0 Å². The summed E-state index contributed by atoms with van der Waals surface area (Å²) in [5.74, 6) is -1.03. The van der Waals surface area contributed by atoms with Gasteiger partial charge in [0, 0.05) is 30.6 Å². The normalized spacial score (nSPS) is 18.4. The quantitative estimate of drug-likeness (QED) is 0.464. The van der Waals surface area contributed by atoms with Crippen LogP contribution in [0.3, 0.4) is 0 Å². The number of rotatable bonds is 7. The summed E-state index contributed by atoms with van der Waals surface area (Å²) >= 11 is 0. The second kappa shape index (κ2) is 9.66. The van der Waals surface area contributed by atoms with E-state index in [0.29, 0.717) is 37.2 Å². The predicted octanol–water partition coefficient (Wildman–Crippen LogP) is 1.33. The predicted molar refractivity (Wildman–Crippen MR) is 106 cm³/mol. The van der Waals surface area contributed by atoms with Crippen molar-refractivity contribution >= 4 is 41.7 Å². The van der Waals surface area contributed by atoms with Crippen molar-refractivity contribution in [3.05, 3.63) is 29.3 Å². The zero-order valence-electron chi connectivity index (χ0n) is 15.5. The molecule has 0 bridgehead atoms. The summed E-state index contributed by atoms with van der Waals surface area (Å²) in [6.45, 7) is 0.921. The third-order valence-corrected chi connectivity index (χ3v) is 4.92. The molecule has 8 nitrogen and oxygen atoms in total. The number of hydrogen-bond donors (Lipinski definition) is 3. The van der Waals surface area contributed by atoms with Gasteiger partial charge in [-0.3, -0.25) is 24.5 Å². The summed E-state index contributed by atoms with van der Waals surface area (Å²) < 4.78 is 0. The van der Waals surface area contributed by atoms with E-state index in [-0.39, 0.29) is 36.5 Å². The van der Waals surface area contributed by atoms with Crippen LogP contribution in [-0.4, -0.2) is 41.1 Å². The van der Waals surface area contributed by atoms with Crippen molar-refractivity contribution in [2.75, 3.05) is 11.9 Å². The van der Waals surface area contributed by atoms with Gasteiger partial charge in [-0.1, -0.05) is 6.42 Å². The van der Waals surface area contributed by atoms with Gasteiger partial charge in [0.05, 0.1) is 0 Å². The Morgan fingerprint density at radius 3 is 2.71 bits per heavy atom. The highest BCUT2D eigenvalue weighted by atomic mass is 35.5. The number of unbranched alkanes of at least 4 members (excludes halogenated alkanes) is 2. The Hall–Kier alpha value is -2.45. The van der Waals surface area contributed by atoms with Gasteiger partial charge < -0.3 is 16.0 Å². The van der Waals surface area contributed by atoms with Crippen LogP contribution in [0.4, 0.5) is 5.69 Å². The number of fused-ring (bicyclic) bond motifs is 1. The molecule has 3 rings (SSSR count). The molecule has 2 heterocycles. The molecule has 1 fully saturated rings. The van der Waals surface area contributed by atoms with Gasteiger partial charge in [0.15, 0.2) is 0 Å². The minimum absolute atomic E-state index is 0. The van der Waals surface area contributed by atoms with Crippen molar-refractivity contribution in [3.8, 4) is 0 Å². The first-order chi connectivity index (χ1) is 13.0. The number of hydrogen-bond acceptors (Lipinski definition) is 5. The number of carbonyl (C=O) groups excluding carboxylic acids is 4. The van der Waals surface area contributed by atoms with Crippen LogP contribution in [0.15, 0.2) is 18.2 Å². The van der Waals surface area contributed by atoms with Crippen LogP contribution in [-0.2, 0) is 20.9 Å². The first-order valence-corrected chi connectivity index (χ1v) is 9.27. The fourth-order valence-electron chi connectivity index (χ4n) is 3.48. The van der Waals surface area contributed by atoms with Gasteiger partial charge in [0.2, 0.25) is 17.7 Å².